The van der Waals surface area contributed by atoms with Crippen molar-refractivity contribution in [3.8, 4) is 5.75 Å². The number of rotatable bonds is 6. The highest BCUT2D eigenvalue weighted by molar-refractivity contribution is 7.92. The van der Waals surface area contributed by atoms with Gasteiger partial charge in [0.05, 0.1) is 19.3 Å². The lowest BCUT2D eigenvalue weighted by atomic mass is 10.2. The molecule has 2 heterocycles. The van der Waals surface area contributed by atoms with Gasteiger partial charge in [-0.2, -0.15) is 0 Å². The number of hydrogen-bond donors (Lipinski definition) is 0. The highest BCUT2D eigenvalue weighted by Crippen LogP contribution is 2.28. The van der Waals surface area contributed by atoms with E-state index in [1.54, 1.807) is 24.3 Å². The largest absolute Gasteiger partial charge is 0.497 e. The number of fused-ring (bicyclic) bond motifs is 1. The van der Waals surface area contributed by atoms with Crippen LogP contribution in [-0.2, 0) is 16.6 Å². The molecule has 154 valence electrons. The molecule has 4 rings (SSSR count). The Morgan fingerprint density at radius 1 is 1.03 bits per heavy atom. The van der Waals surface area contributed by atoms with Crippen LogP contribution in [0.1, 0.15) is 5.56 Å². The molecule has 4 aromatic rings. The Balaban J connectivity index is 1.81. The van der Waals surface area contributed by atoms with Gasteiger partial charge < -0.3 is 4.74 Å². The Hall–Kier alpha value is -3.53. The summed E-state index contributed by atoms with van der Waals surface area (Å²) >= 11 is 0. The average molecular weight is 430 g/mol. The topological polar surface area (TPSA) is 76.8 Å². The number of benzene rings is 2. The van der Waals surface area contributed by atoms with E-state index in [0.717, 1.165) is 22.5 Å². The van der Waals surface area contributed by atoms with Gasteiger partial charge in [0.2, 0.25) is 0 Å². The van der Waals surface area contributed by atoms with Gasteiger partial charge in [0, 0.05) is 12.3 Å². The van der Waals surface area contributed by atoms with Crippen molar-refractivity contribution in [2.24, 2.45) is 0 Å². The number of ether oxygens (including phenoxy) is 1. The molecule has 0 saturated heterocycles. The monoisotopic (exact) mass is 430 g/mol. The maximum Gasteiger partial charge on any atom is 0.266 e. The molecule has 0 aliphatic heterocycles. The minimum atomic E-state index is -4.10. The van der Waals surface area contributed by atoms with Gasteiger partial charge in [-0.1, -0.05) is 0 Å². The van der Waals surface area contributed by atoms with Crippen molar-refractivity contribution in [3.05, 3.63) is 84.3 Å². The molecule has 0 atom stereocenters. The molecule has 30 heavy (non-hydrogen) atoms. The molecule has 0 amide bonds. The number of halogens is 2. The van der Waals surface area contributed by atoms with Gasteiger partial charge in [-0.05, 0) is 54.1 Å². The van der Waals surface area contributed by atoms with Gasteiger partial charge in [0.1, 0.15) is 28.6 Å². The fourth-order valence-electron chi connectivity index (χ4n) is 3.02. The van der Waals surface area contributed by atoms with E-state index in [2.05, 4.69) is 10.2 Å². The predicted molar refractivity (Wildman–Crippen MR) is 106 cm³/mol. The second-order valence-electron chi connectivity index (χ2n) is 6.45. The molecule has 0 spiro atoms. The van der Waals surface area contributed by atoms with Crippen molar-refractivity contribution in [2.75, 3.05) is 11.4 Å². The molecule has 7 nitrogen and oxygen atoms in total. The van der Waals surface area contributed by atoms with Crippen LogP contribution in [-0.4, -0.2) is 30.1 Å². The minimum absolute atomic E-state index is 0.0255. The van der Waals surface area contributed by atoms with Crippen LogP contribution in [0.25, 0.3) is 5.65 Å². The predicted octanol–water partition coefficient (Wildman–Crippen LogP) is 3.41. The molecule has 0 unspecified atom stereocenters. The van der Waals surface area contributed by atoms with E-state index < -0.39 is 21.7 Å². The van der Waals surface area contributed by atoms with Crippen molar-refractivity contribution < 1.29 is 21.9 Å². The van der Waals surface area contributed by atoms with Crippen molar-refractivity contribution in [1.29, 1.82) is 0 Å². The number of aromatic nitrogens is 3. The molecule has 0 radical (unpaired) electrons. The molecule has 0 bridgehead atoms. The first kappa shape index (κ1) is 19.8. The first-order valence-corrected chi connectivity index (χ1v) is 10.2. The Morgan fingerprint density at radius 2 is 1.73 bits per heavy atom. The standard InChI is InChI=1S/C20H16F2N4O3S/c1-29-18-4-2-17(3-5-18)26(11-14-8-15(21)10-16(22)9-14)30(27,28)19-6-7-20-24-23-13-25(20)12-19/h2-10,12-13H,11H2,1H3. The molecular formula is C20H16F2N4O3S. The molecule has 0 fully saturated rings. The molecular weight excluding hydrogens is 414 g/mol. The highest BCUT2D eigenvalue weighted by atomic mass is 32.2. The first-order chi connectivity index (χ1) is 14.4. The van der Waals surface area contributed by atoms with Crippen molar-refractivity contribution in [3.63, 3.8) is 0 Å². The van der Waals surface area contributed by atoms with Gasteiger partial charge in [-0.3, -0.25) is 8.71 Å². The maximum absolute atomic E-state index is 13.7. The Labute approximate surface area is 171 Å². The first-order valence-electron chi connectivity index (χ1n) is 8.78. The van der Waals surface area contributed by atoms with E-state index in [4.69, 9.17) is 4.74 Å². The SMILES string of the molecule is COc1ccc(N(Cc2cc(F)cc(F)c2)S(=O)(=O)c2ccc3nncn3c2)cc1. The summed E-state index contributed by atoms with van der Waals surface area (Å²) in [4.78, 5) is -0.0255. The summed E-state index contributed by atoms with van der Waals surface area (Å²) in [6.07, 6.45) is 2.77. The van der Waals surface area contributed by atoms with Crippen LogP contribution in [0.3, 0.4) is 0 Å². The molecule has 0 saturated carbocycles. The third kappa shape index (κ3) is 3.81. The van der Waals surface area contributed by atoms with E-state index in [1.165, 1.54) is 36.2 Å². The number of nitrogens with zero attached hydrogens (tertiary/aromatic N) is 4. The van der Waals surface area contributed by atoms with Gasteiger partial charge >= 0.3 is 0 Å². The zero-order valence-corrected chi connectivity index (χ0v) is 16.6. The van der Waals surface area contributed by atoms with Gasteiger partial charge in [-0.15, -0.1) is 10.2 Å². The van der Waals surface area contributed by atoms with E-state index in [1.807, 2.05) is 0 Å². The van der Waals surface area contributed by atoms with Crippen LogP contribution in [0.4, 0.5) is 14.5 Å². The summed E-state index contributed by atoms with van der Waals surface area (Å²) in [5.41, 5.74) is 0.957. The Bertz CT molecular complexity index is 1290. The summed E-state index contributed by atoms with van der Waals surface area (Å²) in [5.74, 6) is -1.04. The summed E-state index contributed by atoms with van der Waals surface area (Å²) in [5, 5.41) is 7.60. The number of pyridine rings is 1. The Morgan fingerprint density at radius 3 is 2.40 bits per heavy atom. The summed E-state index contributed by atoms with van der Waals surface area (Å²) in [6.45, 7) is -0.274. The second kappa shape index (κ2) is 7.71. The lowest BCUT2D eigenvalue weighted by Crippen LogP contribution is -2.30. The van der Waals surface area contributed by atoms with E-state index in [0.29, 0.717) is 17.1 Å². The van der Waals surface area contributed by atoms with E-state index in [-0.39, 0.29) is 17.0 Å². The molecule has 0 N–H and O–H groups in total. The molecule has 10 heteroatoms. The summed E-state index contributed by atoms with van der Waals surface area (Å²) < 4.78 is 62.0. The fraction of sp³-hybridized carbons (Fsp3) is 0.100. The zero-order chi connectivity index (χ0) is 21.3. The van der Waals surface area contributed by atoms with E-state index in [9.17, 15) is 17.2 Å². The average Bonchev–Trinajstić information content (AvgIpc) is 3.19. The van der Waals surface area contributed by atoms with Crippen molar-refractivity contribution in [1.82, 2.24) is 14.6 Å². The number of anilines is 1. The number of hydrogen-bond acceptors (Lipinski definition) is 5. The Kier molecular flexibility index (Phi) is 5.08. The minimum Gasteiger partial charge on any atom is -0.497 e. The van der Waals surface area contributed by atoms with Gasteiger partial charge in [0.15, 0.2) is 5.65 Å². The van der Waals surface area contributed by atoms with Gasteiger partial charge in [0.25, 0.3) is 10.0 Å². The fourth-order valence-corrected chi connectivity index (χ4v) is 4.48. The van der Waals surface area contributed by atoms with Crippen LogP contribution in [0.15, 0.2) is 72.0 Å². The maximum atomic E-state index is 13.7. The normalized spacial score (nSPS) is 11.6. The quantitative estimate of drug-likeness (QED) is 0.469. The molecule has 0 aliphatic rings. The van der Waals surface area contributed by atoms with Crippen molar-refractivity contribution in [2.45, 2.75) is 11.4 Å². The summed E-state index contributed by atoms with van der Waals surface area (Å²) in [6, 6.07) is 12.2. The van der Waals surface area contributed by atoms with E-state index >= 15 is 0 Å². The van der Waals surface area contributed by atoms with Crippen molar-refractivity contribution >= 4 is 21.4 Å². The van der Waals surface area contributed by atoms with Crippen LogP contribution in [0.5, 0.6) is 5.75 Å². The lowest BCUT2D eigenvalue weighted by molar-refractivity contribution is 0.415. The lowest BCUT2D eigenvalue weighted by Gasteiger charge is -2.25. The second-order valence-corrected chi connectivity index (χ2v) is 8.31. The molecule has 0 aliphatic carbocycles. The van der Waals surface area contributed by atoms with Crippen LogP contribution < -0.4 is 9.04 Å². The van der Waals surface area contributed by atoms with Gasteiger partial charge in [-0.25, -0.2) is 17.2 Å². The molecule has 2 aromatic carbocycles. The third-order valence-corrected chi connectivity index (χ3v) is 6.22. The zero-order valence-electron chi connectivity index (χ0n) is 15.7. The smallest absolute Gasteiger partial charge is 0.266 e. The molecule has 2 aromatic heterocycles. The third-order valence-electron chi connectivity index (χ3n) is 4.46. The number of methoxy groups -OCH3 is 1. The summed E-state index contributed by atoms with van der Waals surface area (Å²) in [7, 11) is -2.60. The van der Waals surface area contributed by atoms with Crippen LogP contribution >= 0.6 is 0 Å². The highest BCUT2D eigenvalue weighted by Gasteiger charge is 2.26. The number of sulfonamides is 1. The van der Waals surface area contributed by atoms with Crippen LogP contribution in [0.2, 0.25) is 0 Å². The van der Waals surface area contributed by atoms with Crippen LogP contribution in [0, 0.1) is 11.6 Å².